The van der Waals surface area contributed by atoms with Crippen molar-refractivity contribution in [3.05, 3.63) is 35.3 Å². The van der Waals surface area contributed by atoms with Crippen LogP contribution in [0.15, 0.2) is 39.3 Å². The summed E-state index contributed by atoms with van der Waals surface area (Å²) in [6.45, 7) is 0. The van der Waals surface area contributed by atoms with E-state index < -0.39 is 11.7 Å². The normalized spacial score (nSPS) is 11.8. The van der Waals surface area contributed by atoms with Gasteiger partial charge in [0, 0.05) is 0 Å². The van der Waals surface area contributed by atoms with Gasteiger partial charge >= 0.3 is 6.18 Å². The summed E-state index contributed by atoms with van der Waals surface area (Å²) in [6, 6.07) is 1.65. The first kappa shape index (κ1) is 12.3. The zero-order valence-corrected chi connectivity index (χ0v) is 9.60. The van der Waals surface area contributed by atoms with Gasteiger partial charge in [0.15, 0.2) is 0 Å². The van der Waals surface area contributed by atoms with Gasteiger partial charge in [-0.3, -0.25) is 0 Å². The minimum atomic E-state index is -4.46. The van der Waals surface area contributed by atoms with Crippen molar-refractivity contribution in [2.24, 2.45) is 0 Å². The highest BCUT2D eigenvalue weighted by Crippen LogP contribution is 2.34. The Labute approximate surface area is 103 Å². The molecule has 0 aliphatic rings. The Morgan fingerprint density at radius 1 is 1.29 bits per heavy atom. The minimum Gasteiger partial charge on any atom is -0.440 e. The van der Waals surface area contributed by atoms with Crippen molar-refractivity contribution in [2.75, 3.05) is 0 Å². The number of nitrogens with zero attached hydrogens (tertiary/aromatic N) is 2. The van der Waals surface area contributed by atoms with E-state index in [1.54, 1.807) is 0 Å². The van der Waals surface area contributed by atoms with E-state index >= 15 is 0 Å². The third-order valence-corrected chi connectivity index (χ3v) is 2.69. The van der Waals surface area contributed by atoms with Crippen molar-refractivity contribution >= 4 is 23.4 Å². The van der Waals surface area contributed by atoms with Crippen molar-refractivity contribution in [2.45, 2.75) is 16.4 Å². The number of rotatable bonds is 2. The number of alkyl halides is 3. The minimum absolute atomic E-state index is 0.0762. The van der Waals surface area contributed by atoms with Gasteiger partial charge in [-0.25, -0.2) is 9.97 Å². The molecule has 0 saturated heterocycles. The van der Waals surface area contributed by atoms with Crippen LogP contribution in [-0.4, -0.2) is 9.97 Å². The van der Waals surface area contributed by atoms with Crippen LogP contribution in [0.2, 0.25) is 5.15 Å². The first-order valence-corrected chi connectivity index (χ1v) is 5.47. The maximum atomic E-state index is 12.5. The van der Waals surface area contributed by atoms with E-state index in [1.807, 2.05) is 0 Å². The van der Waals surface area contributed by atoms with Crippen LogP contribution < -0.4 is 0 Å². The summed E-state index contributed by atoms with van der Waals surface area (Å²) in [6.07, 6.45) is -1.76. The van der Waals surface area contributed by atoms with Gasteiger partial charge in [-0.2, -0.15) is 13.2 Å². The summed E-state index contributed by atoms with van der Waals surface area (Å²) < 4.78 is 42.4. The lowest BCUT2D eigenvalue weighted by Gasteiger charge is -2.07. The highest BCUT2D eigenvalue weighted by atomic mass is 35.5. The standard InChI is InChI=1S/C9H4ClF3N2OS/c10-6-3-5(9(11,12)13)4-7(15-6)17-8-14-1-2-16-8/h1-4H. The smallest absolute Gasteiger partial charge is 0.416 e. The maximum absolute atomic E-state index is 12.5. The molecule has 2 aromatic rings. The Morgan fingerprint density at radius 2 is 2.06 bits per heavy atom. The van der Waals surface area contributed by atoms with Crippen LogP contribution in [0, 0.1) is 0 Å². The van der Waals surface area contributed by atoms with E-state index in [9.17, 15) is 13.2 Å². The molecule has 3 nitrogen and oxygen atoms in total. The molecule has 90 valence electrons. The summed E-state index contributed by atoms with van der Waals surface area (Å²) in [5.74, 6) is 0. The predicted molar refractivity (Wildman–Crippen MR) is 54.9 cm³/mol. The van der Waals surface area contributed by atoms with Crippen molar-refractivity contribution < 1.29 is 17.6 Å². The monoisotopic (exact) mass is 280 g/mol. The summed E-state index contributed by atoms with van der Waals surface area (Å²) >= 11 is 6.39. The molecule has 0 saturated carbocycles. The third-order valence-electron chi connectivity index (χ3n) is 1.70. The molecule has 0 aromatic carbocycles. The Morgan fingerprint density at radius 3 is 2.65 bits per heavy atom. The molecule has 8 heteroatoms. The Balaban J connectivity index is 2.32. The fraction of sp³-hybridized carbons (Fsp3) is 0.111. The van der Waals surface area contributed by atoms with Gasteiger partial charge in [0.25, 0.3) is 5.22 Å². The zero-order valence-electron chi connectivity index (χ0n) is 8.03. The van der Waals surface area contributed by atoms with E-state index in [2.05, 4.69) is 9.97 Å². The van der Waals surface area contributed by atoms with Crippen LogP contribution in [0.1, 0.15) is 5.56 Å². The Kier molecular flexibility index (Phi) is 3.30. The summed E-state index contributed by atoms with van der Waals surface area (Å²) in [7, 11) is 0. The van der Waals surface area contributed by atoms with Gasteiger partial charge in [-0.15, -0.1) is 0 Å². The molecule has 0 amide bonds. The second kappa shape index (κ2) is 4.58. The molecule has 0 radical (unpaired) electrons. The second-order valence-electron chi connectivity index (χ2n) is 2.91. The molecule has 2 rings (SSSR count). The van der Waals surface area contributed by atoms with Crippen molar-refractivity contribution in [3.8, 4) is 0 Å². The van der Waals surface area contributed by atoms with E-state index in [0.717, 1.165) is 23.9 Å². The van der Waals surface area contributed by atoms with Gasteiger partial charge in [-0.05, 0) is 23.9 Å². The van der Waals surface area contributed by atoms with Gasteiger partial charge < -0.3 is 4.42 Å². The molecule has 0 aliphatic heterocycles. The average molecular weight is 281 g/mol. The van der Waals surface area contributed by atoms with Crippen molar-refractivity contribution in [3.63, 3.8) is 0 Å². The predicted octanol–water partition coefficient (Wildman–Crippen LogP) is 3.89. The molecule has 2 heterocycles. The van der Waals surface area contributed by atoms with Gasteiger partial charge in [0.2, 0.25) is 0 Å². The summed E-state index contributed by atoms with van der Waals surface area (Å²) in [5, 5.41) is 0.0500. The van der Waals surface area contributed by atoms with Gasteiger partial charge in [0.1, 0.15) is 16.4 Å². The number of halogens is 4. The largest absolute Gasteiger partial charge is 0.440 e. The highest BCUT2D eigenvalue weighted by Gasteiger charge is 2.31. The van der Waals surface area contributed by atoms with Crippen LogP contribution in [-0.2, 0) is 6.18 Å². The highest BCUT2D eigenvalue weighted by molar-refractivity contribution is 7.99. The molecule has 0 N–H and O–H groups in total. The summed E-state index contributed by atoms with van der Waals surface area (Å²) in [4.78, 5) is 7.52. The molecule has 2 aromatic heterocycles. The zero-order chi connectivity index (χ0) is 12.5. The lowest BCUT2D eigenvalue weighted by Crippen LogP contribution is -2.05. The number of hydrogen-bond donors (Lipinski definition) is 0. The first-order chi connectivity index (χ1) is 7.95. The van der Waals surface area contributed by atoms with Gasteiger partial charge in [-0.1, -0.05) is 11.6 Å². The quantitative estimate of drug-likeness (QED) is 0.782. The SMILES string of the molecule is FC(F)(F)c1cc(Cl)nc(Sc2ncco2)c1. The van der Waals surface area contributed by atoms with Crippen LogP contribution in [0.5, 0.6) is 0 Å². The van der Waals surface area contributed by atoms with Crippen LogP contribution in [0.4, 0.5) is 13.2 Å². The van der Waals surface area contributed by atoms with Crippen LogP contribution >= 0.6 is 23.4 Å². The number of pyridine rings is 1. The fourth-order valence-corrected chi connectivity index (χ4v) is 2.02. The Hall–Kier alpha value is -1.21. The maximum Gasteiger partial charge on any atom is 0.416 e. The molecule has 0 atom stereocenters. The van der Waals surface area contributed by atoms with E-state index in [4.69, 9.17) is 16.0 Å². The van der Waals surface area contributed by atoms with Crippen LogP contribution in [0.3, 0.4) is 0 Å². The molecule has 0 aliphatic carbocycles. The van der Waals surface area contributed by atoms with Gasteiger partial charge in [0.05, 0.1) is 11.8 Å². The molecule has 0 fully saturated rings. The third kappa shape index (κ3) is 3.13. The molecular formula is C9H4ClF3N2OS. The van der Waals surface area contributed by atoms with E-state index in [1.165, 1.54) is 12.5 Å². The fourth-order valence-electron chi connectivity index (χ4n) is 1.04. The lowest BCUT2D eigenvalue weighted by molar-refractivity contribution is -0.137. The number of hydrogen-bond acceptors (Lipinski definition) is 4. The molecule has 17 heavy (non-hydrogen) atoms. The van der Waals surface area contributed by atoms with E-state index in [-0.39, 0.29) is 15.4 Å². The van der Waals surface area contributed by atoms with Crippen molar-refractivity contribution in [1.29, 1.82) is 0 Å². The Bertz CT molecular complexity index is 515. The van der Waals surface area contributed by atoms with Crippen LogP contribution in [0.25, 0.3) is 0 Å². The number of oxazole rings is 1. The topological polar surface area (TPSA) is 38.9 Å². The van der Waals surface area contributed by atoms with Crippen molar-refractivity contribution in [1.82, 2.24) is 9.97 Å². The molecule has 0 spiro atoms. The second-order valence-corrected chi connectivity index (χ2v) is 4.27. The lowest BCUT2D eigenvalue weighted by atomic mass is 10.3. The molecule has 0 bridgehead atoms. The number of aromatic nitrogens is 2. The molecular weight excluding hydrogens is 277 g/mol. The summed E-state index contributed by atoms with van der Waals surface area (Å²) in [5.41, 5.74) is -0.855. The van der Waals surface area contributed by atoms with E-state index in [0.29, 0.717) is 0 Å². The molecule has 0 unspecified atom stereocenters. The average Bonchev–Trinajstić information content (AvgIpc) is 2.68. The first-order valence-electron chi connectivity index (χ1n) is 4.27.